The summed E-state index contributed by atoms with van der Waals surface area (Å²) < 4.78 is 16.8. The molecule has 37 heavy (non-hydrogen) atoms. The van der Waals surface area contributed by atoms with E-state index in [2.05, 4.69) is 17.5 Å². The minimum atomic E-state index is -0.465. The molecule has 5 rings (SSSR count). The van der Waals surface area contributed by atoms with Crippen LogP contribution in [0.15, 0.2) is 65.5 Å². The Balaban J connectivity index is 1.56. The van der Waals surface area contributed by atoms with E-state index in [4.69, 9.17) is 14.2 Å². The van der Waals surface area contributed by atoms with E-state index in [1.165, 1.54) is 0 Å². The van der Waals surface area contributed by atoms with Crippen LogP contribution >= 0.6 is 0 Å². The first-order chi connectivity index (χ1) is 17.9. The van der Waals surface area contributed by atoms with Gasteiger partial charge in [-0.3, -0.25) is 4.79 Å². The highest BCUT2D eigenvalue weighted by atomic mass is 16.5. The zero-order chi connectivity index (χ0) is 26.1. The lowest BCUT2D eigenvalue weighted by atomic mass is 9.68. The normalized spacial score (nSPS) is 23.7. The summed E-state index contributed by atoms with van der Waals surface area (Å²) in [4.78, 5) is 27.4. The molecule has 1 aliphatic heterocycles. The fourth-order valence-electron chi connectivity index (χ4n) is 6.09. The number of ketones is 1. The van der Waals surface area contributed by atoms with Crippen LogP contribution in [0.25, 0.3) is 0 Å². The molecule has 0 saturated heterocycles. The molecule has 0 radical (unpaired) electrons. The van der Waals surface area contributed by atoms with Crippen molar-refractivity contribution >= 4 is 11.8 Å². The molecule has 3 aliphatic rings. The molecule has 1 fully saturated rings. The highest BCUT2D eigenvalue weighted by Crippen LogP contribution is 2.47. The van der Waals surface area contributed by atoms with Crippen molar-refractivity contribution in [1.82, 2.24) is 5.32 Å². The van der Waals surface area contributed by atoms with Crippen molar-refractivity contribution in [2.75, 3.05) is 14.2 Å². The minimum absolute atomic E-state index is 0.0422. The molecule has 1 saturated carbocycles. The van der Waals surface area contributed by atoms with Gasteiger partial charge in [-0.2, -0.15) is 0 Å². The highest BCUT2D eigenvalue weighted by molar-refractivity contribution is 5.96. The second-order valence-electron chi connectivity index (χ2n) is 10.4. The standard InChI is InChI=1S/C31H35NO5/c1-18-8-7-9-21(14-18)29-28(31(34)37-23-10-5-6-11-23)19(2)32-24-15-22(16-25(33)30(24)29)20-12-13-26(35-3)27(17-20)36-4/h7-9,12-15,17,22-23,29-30,32H,5-6,10-11,16H2,1-4H3. The van der Waals surface area contributed by atoms with Gasteiger partial charge in [0.05, 0.1) is 25.7 Å². The van der Waals surface area contributed by atoms with E-state index in [-0.39, 0.29) is 29.7 Å². The number of fused-ring (bicyclic) bond motifs is 1. The van der Waals surface area contributed by atoms with Gasteiger partial charge in [-0.15, -0.1) is 0 Å². The number of hydrogen-bond acceptors (Lipinski definition) is 6. The molecule has 2 aliphatic carbocycles. The summed E-state index contributed by atoms with van der Waals surface area (Å²) in [6, 6.07) is 13.9. The predicted molar refractivity (Wildman–Crippen MR) is 142 cm³/mol. The van der Waals surface area contributed by atoms with Gasteiger partial charge in [0.15, 0.2) is 11.5 Å². The number of nitrogens with one attached hydrogen (secondary N) is 1. The lowest BCUT2D eigenvalue weighted by Crippen LogP contribution is -2.42. The second kappa shape index (κ2) is 10.4. The molecule has 1 heterocycles. The summed E-state index contributed by atoms with van der Waals surface area (Å²) >= 11 is 0. The van der Waals surface area contributed by atoms with Gasteiger partial charge in [0, 0.05) is 29.7 Å². The maximum absolute atomic E-state index is 13.9. The van der Waals surface area contributed by atoms with Crippen LogP contribution in [0.2, 0.25) is 0 Å². The van der Waals surface area contributed by atoms with Crippen molar-refractivity contribution in [2.24, 2.45) is 5.92 Å². The van der Waals surface area contributed by atoms with Gasteiger partial charge in [-0.25, -0.2) is 4.79 Å². The van der Waals surface area contributed by atoms with Crippen molar-refractivity contribution < 1.29 is 23.8 Å². The summed E-state index contributed by atoms with van der Waals surface area (Å²) in [5, 5.41) is 3.43. The minimum Gasteiger partial charge on any atom is -0.493 e. The number of carbonyl (C=O) groups excluding carboxylic acids is 2. The molecule has 6 nitrogen and oxygen atoms in total. The molecule has 2 aromatic rings. The van der Waals surface area contributed by atoms with Gasteiger partial charge in [0.2, 0.25) is 0 Å². The second-order valence-corrected chi connectivity index (χ2v) is 10.4. The first-order valence-corrected chi connectivity index (χ1v) is 13.1. The molecule has 3 atom stereocenters. The van der Waals surface area contributed by atoms with Gasteiger partial charge in [0.1, 0.15) is 11.9 Å². The van der Waals surface area contributed by atoms with E-state index in [1.54, 1.807) is 14.2 Å². The molecule has 1 N–H and O–H groups in total. The molecule has 0 spiro atoms. The fraction of sp³-hybridized carbons (Fsp3) is 0.419. The third-order valence-electron chi connectivity index (χ3n) is 7.90. The predicted octanol–water partition coefficient (Wildman–Crippen LogP) is 5.72. The van der Waals surface area contributed by atoms with Crippen LogP contribution in [0.3, 0.4) is 0 Å². The smallest absolute Gasteiger partial charge is 0.336 e. The number of hydrogen-bond donors (Lipinski definition) is 1. The fourth-order valence-corrected chi connectivity index (χ4v) is 6.09. The Labute approximate surface area is 218 Å². The summed E-state index contributed by atoms with van der Waals surface area (Å²) in [5.41, 5.74) is 5.20. The Morgan fingerprint density at radius 2 is 1.68 bits per heavy atom. The number of methoxy groups -OCH3 is 2. The lowest BCUT2D eigenvalue weighted by Gasteiger charge is -2.40. The van der Waals surface area contributed by atoms with Crippen LogP contribution in [0.4, 0.5) is 0 Å². The average Bonchev–Trinajstić information content (AvgIpc) is 3.40. The van der Waals surface area contributed by atoms with Crippen molar-refractivity contribution in [3.63, 3.8) is 0 Å². The summed E-state index contributed by atoms with van der Waals surface area (Å²) in [7, 11) is 3.22. The Bertz CT molecular complexity index is 1270. The number of allylic oxidation sites excluding steroid dienone is 3. The Kier molecular flexibility index (Phi) is 7.09. The zero-order valence-corrected chi connectivity index (χ0v) is 22.0. The number of benzene rings is 2. The molecule has 2 aromatic carbocycles. The van der Waals surface area contributed by atoms with Crippen LogP contribution in [0.5, 0.6) is 11.5 Å². The molecule has 3 unspecified atom stereocenters. The van der Waals surface area contributed by atoms with Crippen LogP contribution in [-0.4, -0.2) is 32.1 Å². The van der Waals surface area contributed by atoms with Gasteiger partial charge in [-0.05, 0) is 62.8 Å². The number of carbonyl (C=O) groups is 2. The van der Waals surface area contributed by atoms with Crippen molar-refractivity contribution in [3.05, 3.63) is 82.2 Å². The van der Waals surface area contributed by atoms with E-state index in [0.717, 1.165) is 53.8 Å². The van der Waals surface area contributed by atoms with Crippen LogP contribution in [-0.2, 0) is 14.3 Å². The first kappa shape index (κ1) is 25.1. The SMILES string of the molecule is COc1ccc(C2C=C3NC(C)=C(C(=O)OC4CCCC4)C(c4cccc(C)c4)C3C(=O)C2)cc1OC. The van der Waals surface area contributed by atoms with E-state index in [9.17, 15) is 9.59 Å². The van der Waals surface area contributed by atoms with Crippen molar-refractivity contribution in [3.8, 4) is 11.5 Å². The van der Waals surface area contributed by atoms with Crippen LogP contribution in [0, 0.1) is 12.8 Å². The maximum Gasteiger partial charge on any atom is 0.336 e. The first-order valence-electron chi connectivity index (χ1n) is 13.1. The topological polar surface area (TPSA) is 73.9 Å². The largest absolute Gasteiger partial charge is 0.493 e. The molecule has 0 amide bonds. The summed E-state index contributed by atoms with van der Waals surface area (Å²) in [6.07, 6.45) is 6.42. The number of rotatable bonds is 6. The van der Waals surface area contributed by atoms with Gasteiger partial charge in [-0.1, -0.05) is 42.0 Å². The summed E-state index contributed by atoms with van der Waals surface area (Å²) in [5.74, 6) is 0.123. The Morgan fingerprint density at radius 3 is 2.38 bits per heavy atom. The molecule has 6 heteroatoms. The molecule has 194 valence electrons. The quantitative estimate of drug-likeness (QED) is 0.511. The van der Waals surface area contributed by atoms with E-state index in [0.29, 0.717) is 23.5 Å². The number of aryl methyl sites for hydroxylation is 1. The Morgan fingerprint density at radius 1 is 0.919 bits per heavy atom. The third kappa shape index (κ3) is 4.89. The molecular weight excluding hydrogens is 466 g/mol. The number of Topliss-reactive ketones (excluding diaryl/α,β-unsaturated/α-hetero) is 1. The number of ether oxygens (including phenoxy) is 3. The number of esters is 1. The van der Waals surface area contributed by atoms with Gasteiger partial charge < -0.3 is 19.5 Å². The van der Waals surface area contributed by atoms with E-state index in [1.807, 2.05) is 50.2 Å². The van der Waals surface area contributed by atoms with Gasteiger partial charge >= 0.3 is 5.97 Å². The van der Waals surface area contributed by atoms with Crippen LogP contribution in [0.1, 0.15) is 67.6 Å². The zero-order valence-electron chi connectivity index (χ0n) is 22.0. The van der Waals surface area contributed by atoms with Gasteiger partial charge in [0.25, 0.3) is 0 Å². The third-order valence-corrected chi connectivity index (χ3v) is 7.90. The van der Waals surface area contributed by atoms with Crippen molar-refractivity contribution in [1.29, 1.82) is 0 Å². The van der Waals surface area contributed by atoms with E-state index < -0.39 is 5.92 Å². The molecular formula is C31H35NO5. The summed E-state index contributed by atoms with van der Waals surface area (Å²) in [6.45, 7) is 3.94. The van der Waals surface area contributed by atoms with E-state index >= 15 is 0 Å². The van der Waals surface area contributed by atoms with Crippen LogP contribution < -0.4 is 14.8 Å². The monoisotopic (exact) mass is 501 g/mol. The molecule has 0 aromatic heterocycles. The average molecular weight is 502 g/mol. The maximum atomic E-state index is 13.9. The highest BCUT2D eigenvalue weighted by Gasteiger charge is 2.45. The van der Waals surface area contributed by atoms with Crippen molar-refractivity contribution in [2.45, 2.75) is 63.9 Å². The lowest BCUT2D eigenvalue weighted by molar-refractivity contribution is -0.144. The Hall–Kier alpha value is -3.54. The molecule has 0 bridgehead atoms.